The first-order valence-electron chi connectivity index (χ1n) is 7.32. The van der Waals surface area contributed by atoms with Gasteiger partial charge in [0, 0.05) is 17.3 Å². The Morgan fingerprint density at radius 1 is 1.16 bits per heavy atom. The predicted octanol–water partition coefficient (Wildman–Crippen LogP) is 3.52. The van der Waals surface area contributed by atoms with E-state index in [0.717, 1.165) is 6.07 Å². The highest BCUT2D eigenvalue weighted by atomic mass is 19.4. The van der Waals surface area contributed by atoms with Gasteiger partial charge in [-0.05, 0) is 18.2 Å². The van der Waals surface area contributed by atoms with Gasteiger partial charge in [-0.15, -0.1) is 13.2 Å². The van der Waals surface area contributed by atoms with Crippen molar-refractivity contribution in [2.75, 3.05) is 18.6 Å². The number of anilines is 1. The van der Waals surface area contributed by atoms with Crippen LogP contribution in [0.3, 0.4) is 0 Å². The summed E-state index contributed by atoms with van der Waals surface area (Å²) in [7, 11) is 1.49. The maximum absolute atomic E-state index is 12.4. The van der Waals surface area contributed by atoms with Gasteiger partial charge in [0.05, 0.1) is 13.7 Å². The number of nitrogens with zero attached hydrogens (tertiary/aromatic N) is 1. The van der Waals surface area contributed by atoms with Crippen LogP contribution in [0.25, 0.3) is 0 Å². The zero-order valence-electron chi connectivity index (χ0n) is 13.2. The lowest BCUT2D eigenvalue weighted by Gasteiger charge is -2.21. The molecule has 0 aromatic heterocycles. The third kappa shape index (κ3) is 3.78. The molecule has 3 rings (SSSR count). The van der Waals surface area contributed by atoms with Gasteiger partial charge >= 0.3 is 6.36 Å². The van der Waals surface area contributed by atoms with Crippen molar-refractivity contribution in [2.45, 2.75) is 12.9 Å². The summed E-state index contributed by atoms with van der Waals surface area (Å²) in [5.74, 6) is 0.154. The minimum absolute atomic E-state index is 0.140. The van der Waals surface area contributed by atoms with Gasteiger partial charge in [0.15, 0.2) is 18.1 Å². The molecule has 8 heteroatoms. The zero-order valence-corrected chi connectivity index (χ0v) is 13.2. The Labute approximate surface area is 141 Å². The molecule has 0 saturated heterocycles. The van der Waals surface area contributed by atoms with Crippen molar-refractivity contribution >= 4 is 11.6 Å². The largest absolute Gasteiger partial charge is 0.573 e. The number of alkyl halides is 3. The Morgan fingerprint density at radius 3 is 2.64 bits per heavy atom. The number of carbonyl (C=O) groups is 1. The van der Waals surface area contributed by atoms with Gasteiger partial charge in [-0.3, -0.25) is 4.79 Å². The first-order valence-corrected chi connectivity index (χ1v) is 7.32. The minimum Gasteiger partial charge on any atom is -0.493 e. The summed E-state index contributed by atoms with van der Waals surface area (Å²) >= 11 is 0. The van der Waals surface area contributed by atoms with Gasteiger partial charge in [0.1, 0.15) is 5.75 Å². The fourth-order valence-electron chi connectivity index (χ4n) is 2.56. The number of methoxy groups -OCH3 is 1. The molecule has 0 atom stereocenters. The van der Waals surface area contributed by atoms with Crippen LogP contribution in [-0.2, 0) is 11.3 Å². The van der Waals surface area contributed by atoms with Crippen LogP contribution in [0.2, 0.25) is 0 Å². The van der Waals surface area contributed by atoms with E-state index < -0.39 is 12.1 Å². The first kappa shape index (κ1) is 16.9. The van der Waals surface area contributed by atoms with Crippen LogP contribution in [0.15, 0.2) is 42.5 Å². The molecule has 132 valence electrons. The van der Waals surface area contributed by atoms with Crippen LogP contribution in [0.1, 0.15) is 5.56 Å². The summed E-state index contributed by atoms with van der Waals surface area (Å²) in [6.45, 7) is -0.113. The third-order valence-corrected chi connectivity index (χ3v) is 3.61. The molecule has 1 heterocycles. The van der Waals surface area contributed by atoms with E-state index in [0.29, 0.717) is 17.1 Å². The van der Waals surface area contributed by atoms with Crippen molar-refractivity contribution < 1.29 is 32.2 Å². The Morgan fingerprint density at radius 2 is 1.92 bits per heavy atom. The van der Waals surface area contributed by atoms with Gasteiger partial charge < -0.3 is 19.1 Å². The molecular formula is C17H14F3NO4. The lowest BCUT2D eigenvalue weighted by atomic mass is 10.1. The lowest BCUT2D eigenvalue weighted by Crippen LogP contribution is -2.32. The second kappa shape index (κ2) is 6.54. The molecule has 0 N–H and O–H groups in total. The number of amides is 1. The number of ether oxygens (including phenoxy) is 3. The second-order valence-corrected chi connectivity index (χ2v) is 5.26. The van der Waals surface area contributed by atoms with Crippen LogP contribution in [-0.4, -0.2) is 26.0 Å². The number of fused-ring (bicyclic) bond motifs is 1. The van der Waals surface area contributed by atoms with Gasteiger partial charge in [-0.1, -0.05) is 18.2 Å². The smallest absolute Gasteiger partial charge is 0.493 e. The Bertz CT molecular complexity index is 792. The highest BCUT2D eigenvalue weighted by molar-refractivity contribution is 5.95. The summed E-state index contributed by atoms with van der Waals surface area (Å²) in [5.41, 5.74) is 0.971. The average molecular weight is 353 g/mol. The molecule has 1 aliphatic heterocycles. The van der Waals surface area contributed by atoms with Crippen LogP contribution < -0.4 is 19.1 Å². The van der Waals surface area contributed by atoms with Gasteiger partial charge in [-0.25, -0.2) is 0 Å². The van der Waals surface area contributed by atoms with E-state index in [2.05, 4.69) is 4.74 Å². The summed E-state index contributed by atoms with van der Waals surface area (Å²) in [4.78, 5) is 13.7. The van der Waals surface area contributed by atoms with Crippen molar-refractivity contribution in [3.05, 3.63) is 48.0 Å². The molecule has 0 aliphatic carbocycles. The molecule has 2 aromatic carbocycles. The molecule has 0 bridgehead atoms. The molecule has 0 fully saturated rings. The third-order valence-electron chi connectivity index (χ3n) is 3.61. The molecule has 5 nitrogen and oxygen atoms in total. The fraction of sp³-hybridized carbons (Fsp3) is 0.235. The molecule has 0 unspecified atom stereocenters. The summed E-state index contributed by atoms with van der Waals surface area (Å²) in [6.07, 6.45) is -4.80. The Hall–Kier alpha value is -2.90. The summed E-state index contributed by atoms with van der Waals surface area (Å²) in [6, 6.07) is 10.5. The van der Waals surface area contributed by atoms with E-state index in [9.17, 15) is 18.0 Å². The number of benzene rings is 2. The summed E-state index contributed by atoms with van der Waals surface area (Å²) in [5, 5.41) is 0. The molecule has 1 aliphatic rings. The quantitative estimate of drug-likeness (QED) is 0.847. The monoisotopic (exact) mass is 353 g/mol. The number of rotatable bonds is 3. The highest BCUT2D eigenvalue weighted by Gasteiger charge is 2.32. The van der Waals surface area contributed by atoms with E-state index in [4.69, 9.17) is 9.47 Å². The molecular weight excluding hydrogens is 339 g/mol. The fourth-order valence-corrected chi connectivity index (χ4v) is 2.56. The van der Waals surface area contributed by atoms with Crippen LogP contribution in [0, 0.1) is 0 Å². The molecule has 0 spiro atoms. The first-order chi connectivity index (χ1) is 11.9. The van der Waals surface area contributed by atoms with Crippen molar-refractivity contribution in [2.24, 2.45) is 0 Å². The van der Waals surface area contributed by atoms with Gasteiger partial charge in [-0.2, -0.15) is 0 Å². The van der Waals surface area contributed by atoms with E-state index in [1.807, 2.05) is 0 Å². The number of hydrogen-bond donors (Lipinski definition) is 0. The average Bonchev–Trinajstić information content (AvgIpc) is 2.72. The Balaban J connectivity index is 1.94. The number of carbonyl (C=O) groups excluding carboxylic acids is 1. The van der Waals surface area contributed by atoms with E-state index >= 15 is 0 Å². The maximum atomic E-state index is 12.4. The predicted molar refractivity (Wildman–Crippen MR) is 82.8 cm³/mol. The maximum Gasteiger partial charge on any atom is 0.573 e. The van der Waals surface area contributed by atoms with E-state index in [1.165, 1.54) is 30.2 Å². The topological polar surface area (TPSA) is 48.0 Å². The molecule has 2 aromatic rings. The van der Waals surface area contributed by atoms with Crippen molar-refractivity contribution in [1.82, 2.24) is 0 Å². The van der Waals surface area contributed by atoms with E-state index in [1.54, 1.807) is 18.2 Å². The molecule has 0 radical (unpaired) electrons. The van der Waals surface area contributed by atoms with Crippen LogP contribution >= 0.6 is 0 Å². The number of para-hydroxylation sites is 1. The number of halogens is 3. The summed E-state index contributed by atoms with van der Waals surface area (Å²) < 4.78 is 51.9. The normalized spacial score (nSPS) is 14.4. The zero-order chi connectivity index (χ0) is 18.0. The van der Waals surface area contributed by atoms with Crippen LogP contribution in [0.5, 0.6) is 17.2 Å². The second-order valence-electron chi connectivity index (χ2n) is 5.26. The van der Waals surface area contributed by atoms with Crippen molar-refractivity contribution in [3.63, 3.8) is 0 Å². The Kier molecular flexibility index (Phi) is 4.43. The standard InChI is InChI=1S/C17H14F3NO4/c1-23-14-7-2-4-11-9-21(15(22)10-24-16(11)14)12-5-3-6-13(8-12)25-17(18,19)20/h2-8H,9-10H2,1H3. The van der Waals surface area contributed by atoms with Gasteiger partial charge in [0.25, 0.3) is 5.91 Å². The van der Waals surface area contributed by atoms with Gasteiger partial charge in [0.2, 0.25) is 0 Å². The van der Waals surface area contributed by atoms with Crippen molar-refractivity contribution in [1.29, 1.82) is 0 Å². The molecule has 0 saturated carbocycles. The van der Waals surface area contributed by atoms with E-state index in [-0.39, 0.29) is 24.7 Å². The minimum atomic E-state index is -4.80. The lowest BCUT2D eigenvalue weighted by molar-refractivity contribution is -0.274. The number of hydrogen-bond acceptors (Lipinski definition) is 4. The molecule has 1 amide bonds. The molecule has 25 heavy (non-hydrogen) atoms. The SMILES string of the molecule is COc1cccc2c1OCC(=O)N(c1cccc(OC(F)(F)F)c1)C2. The van der Waals surface area contributed by atoms with Crippen LogP contribution in [0.4, 0.5) is 18.9 Å². The highest BCUT2D eigenvalue weighted by Crippen LogP contribution is 2.35. The van der Waals surface area contributed by atoms with Crippen molar-refractivity contribution in [3.8, 4) is 17.2 Å².